The molecule has 17 nitrogen and oxygen atoms in total. The molecule has 0 fully saturated rings. The van der Waals surface area contributed by atoms with Crippen molar-refractivity contribution in [3.05, 3.63) is 0 Å². The highest BCUT2D eigenvalue weighted by Gasteiger charge is 2.30. The van der Waals surface area contributed by atoms with Crippen molar-refractivity contribution in [2.75, 3.05) is 39.6 Å². The third-order valence-electron chi connectivity index (χ3n) is 19.2. The van der Waals surface area contributed by atoms with Gasteiger partial charge in [0, 0.05) is 25.7 Å². The van der Waals surface area contributed by atoms with Crippen LogP contribution in [-0.4, -0.2) is 96.7 Å². The summed E-state index contributed by atoms with van der Waals surface area (Å²) in [5, 5.41) is 10.6. The van der Waals surface area contributed by atoms with Crippen molar-refractivity contribution >= 4 is 39.5 Å². The van der Waals surface area contributed by atoms with Crippen LogP contribution in [0.1, 0.15) is 396 Å². The zero-order valence-corrected chi connectivity index (χ0v) is 65.5. The Labute approximate surface area is 594 Å². The van der Waals surface area contributed by atoms with E-state index in [1.54, 1.807) is 0 Å². The minimum Gasteiger partial charge on any atom is -0.462 e. The molecule has 97 heavy (non-hydrogen) atoms. The standard InChI is InChI=1S/C78H152O17P2/c1-9-69(6)55-47-39-31-24-20-16-12-14-18-22-26-34-44-52-60-77(82)94-73(64-88-75(80)58-50-42-33-29-28-30-38-46-54-68(4)5)66-92-96(84,85)90-62-72(79)63-91-97(86,87)93-67-74(65-89-76(81)59-51-43-37-36-41-49-57-71(8)11-3)95-78(83)61-53-45-35-27-23-19-15-13-17-21-25-32-40-48-56-70(7)10-2/h68-74,79H,9-67H2,1-8H3,(H,84,85)(H,86,87)/t69?,70?,71?,72-,73-,74-/m1/s1. The lowest BCUT2D eigenvalue weighted by atomic mass is 9.99. The normalized spacial score (nSPS) is 14.9. The van der Waals surface area contributed by atoms with Crippen molar-refractivity contribution in [1.82, 2.24) is 0 Å². The minimum absolute atomic E-state index is 0.106. The number of ether oxygens (including phenoxy) is 4. The van der Waals surface area contributed by atoms with Crippen LogP contribution in [0.15, 0.2) is 0 Å². The molecular weight excluding hydrogens is 1270 g/mol. The smallest absolute Gasteiger partial charge is 0.462 e. The summed E-state index contributed by atoms with van der Waals surface area (Å²) in [5.41, 5.74) is 0. The molecule has 0 amide bonds. The minimum atomic E-state index is -4.96. The topological polar surface area (TPSA) is 237 Å². The maximum atomic E-state index is 13.1. The van der Waals surface area contributed by atoms with Gasteiger partial charge in [-0.05, 0) is 49.4 Å². The second kappa shape index (κ2) is 67.2. The number of aliphatic hydroxyl groups excluding tert-OH is 1. The molecule has 0 aromatic rings. The summed E-state index contributed by atoms with van der Waals surface area (Å²) in [5.74, 6) is 1.03. The maximum Gasteiger partial charge on any atom is 0.472 e. The quantitative estimate of drug-likeness (QED) is 0.0222. The monoisotopic (exact) mass is 1420 g/mol. The number of hydrogen-bond acceptors (Lipinski definition) is 15. The van der Waals surface area contributed by atoms with Crippen LogP contribution in [0.25, 0.3) is 0 Å². The lowest BCUT2D eigenvalue weighted by molar-refractivity contribution is -0.161. The zero-order chi connectivity index (χ0) is 71.7. The van der Waals surface area contributed by atoms with Crippen LogP contribution in [0.4, 0.5) is 0 Å². The molecule has 0 spiro atoms. The Hall–Kier alpha value is -1.94. The van der Waals surface area contributed by atoms with Gasteiger partial charge in [0.2, 0.25) is 0 Å². The van der Waals surface area contributed by atoms with Crippen molar-refractivity contribution in [3.8, 4) is 0 Å². The summed E-state index contributed by atoms with van der Waals surface area (Å²) in [7, 11) is -9.92. The zero-order valence-electron chi connectivity index (χ0n) is 63.7. The highest BCUT2D eigenvalue weighted by Crippen LogP contribution is 2.45. The fourth-order valence-electron chi connectivity index (χ4n) is 11.8. The molecule has 19 heteroatoms. The van der Waals surface area contributed by atoms with Crippen LogP contribution in [0.2, 0.25) is 0 Å². The molecule has 8 atom stereocenters. The summed E-state index contributed by atoms with van der Waals surface area (Å²) >= 11 is 0. The van der Waals surface area contributed by atoms with Crippen molar-refractivity contribution in [1.29, 1.82) is 0 Å². The number of carbonyl (C=O) groups is 4. The molecule has 0 saturated carbocycles. The number of esters is 4. The first-order valence-electron chi connectivity index (χ1n) is 40.3. The van der Waals surface area contributed by atoms with E-state index in [0.29, 0.717) is 25.7 Å². The number of phosphoric acid groups is 2. The summed E-state index contributed by atoms with van der Waals surface area (Å²) in [4.78, 5) is 72.9. The molecule has 0 saturated heterocycles. The van der Waals surface area contributed by atoms with E-state index in [2.05, 4.69) is 55.4 Å². The van der Waals surface area contributed by atoms with Gasteiger partial charge >= 0.3 is 39.5 Å². The molecule has 0 radical (unpaired) electrons. The maximum absolute atomic E-state index is 13.1. The Balaban J connectivity index is 5.22. The number of carbonyl (C=O) groups excluding carboxylic acids is 4. The van der Waals surface area contributed by atoms with E-state index < -0.39 is 97.5 Å². The van der Waals surface area contributed by atoms with E-state index in [4.69, 9.17) is 37.0 Å². The van der Waals surface area contributed by atoms with Crippen LogP contribution in [0.5, 0.6) is 0 Å². The molecule has 5 unspecified atom stereocenters. The molecule has 0 bridgehead atoms. The van der Waals surface area contributed by atoms with Gasteiger partial charge in [-0.15, -0.1) is 0 Å². The molecule has 0 aromatic carbocycles. The fraction of sp³-hybridized carbons (Fsp3) is 0.949. The second-order valence-electron chi connectivity index (χ2n) is 29.3. The number of unbranched alkanes of at least 4 members (excludes halogenated alkanes) is 38. The lowest BCUT2D eigenvalue weighted by Crippen LogP contribution is -2.30. The highest BCUT2D eigenvalue weighted by molar-refractivity contribution is 7.47. The van der Waals surface area contributed by atoms with Gasteiger partial charge in [0.25, 0.3) is 0 Å². The van der Waals surface area contributed by atoms with Gasteiger partial charge in [-0.1, -0.05) is 344 Å². The molecule has 0 aromatic heterocycles. The molecule has 0 rings (SSSR count). The van der Waals surface area contributed by atoms with Gasteiger partial charge in [0.05, 0.1) is 26.4 Å². The lowest BCUT2D eigenvalue weighted by Gasteiger charge is -2.21. The third kappa shape index (κ3) is 68.3. The van der Waals surface area contributed by atoms with Crippen molar-refractivity contribution in [2.45, 2.75) is 414 Å². The van der Waals surface area contributed by atoms with E-state index in [1.807, 2.05) is 0 Å². The largest absolute Gasteiger partial charge is 0.472 e. The van der Waals surface area contributed by atoms with Crippen LogP contribution in [0.3, 0.4) is 0 Å². The molecule has 0 heterocycles. The van der Waals surface area contributed by atoms with Crippen molar-refractivity contribution < 1.29 is 80.2 Å². The third-order valence-corrected chi connectivity index (χ3v) is 21.1. The van der Waals surface area contributed by atoms with E-state index >= 15 is 0 Å². The van der Waals surface area contributed by atoms with Crippen LogP contribution in [-0.2, 0) is 65.4 Å². The van der Waals surface area contributed by atoms with Gasteiger partial charge in [0.1, 0.15) is 19.3 Å². The molecule has 0 aliphatic heterocycles. The van der Waals surface area contributed by atoms with Gasteiger partial charge in [-0.2, -0.15) is 0 Å². The summed E-state index contributed by atoms with van der Waals surface area (Å²) in [6, 6.07) is 0. The SMILES string of the molecule is CCC(C)CCCCCCCCCCCCCCCCC(=O)O[C@H](COC(=O)CCCCCCCCCCC(C)C)COP(=O)(O)OC[C@@H](O)COP(=O)(O)OC[C@@H](COC(=O)CCCCCCCCC(C)CC)OC(=O)CCCCCCCCCCCCCCCCC(C)CC. The highest BCUT2D eigenvalue weighted by atomic mass is 31.2. The first-order chi connectivity index (χ1) is 46.7. The number of rotatable bonds is 75. The van der Waals surface area contributed by atoms with E-state index in [-0.39, 0.29) is 25.7 Å². The van der Waals surface area contributed by atoms with Gasteiger partial charge < -0.3 is 33.8 Å². The average Bonchev–Trinajstić information content (AvgIpc) is 0.979. The Morgan fingerprint density at radius 1 is 0.289 bits per heavy atom. The molecule has 576 valence electrons. The first-order valence-corrected chi connectivity index (χ1v) is 43.3. The predicted molar refractivity (Wildman–Crippen MR) is 395 cm³/mol. The molecule has 3 N–H and O–H groups in total. The van der Waals surface area contributed by atoms with Gasteiger partial charge in [0.15, 0.2) is 12.2 Å². The van der Waals surface area contributed by atoms with Crippen molar-refractivity contribution in [3.63, 3.8) is 0 Å². The number of aliphatic hydroxyl groups is 1. The Bertz CT molecular complexity index is 1910. The molecule has 0 aliphatic carbocycles. The number of phosphoric ester groups is 2. The second-order valence-corrected chi connectivity index (χ2v) is 32.2. The Morgan fingerprint density at radius 2 is 0.495 bits per heavy atom. The molecular formula is C78H152O17P2. The Morgan fingerprint density at radius 3 is 0.732 bits per heavy atom. The van der Waals surface area contributed by atoms with Crippen LogP contribution in [0, 0.1) is 23.7 Å². The van der Waals surface area contributed by atoms with Gasteiger partial charge in [-0.3, -0.25) is 37.3 Å². The van der Waals surface area contributed by atoms with E-state index in [1.165, 1.54) is 193 Å². The molecule has 0 aliphatic rings. The predicted octanol–water partition coefficient (Wildman–Crippen LogP) is 22.8. The first kappa shape index (κ1) is 95.1. The van der Waals surface area contributed by atoms with E-state index in [9.17, 15) is 43.2 Å². The van der Waals surface area contributed by atoms with Crippen LogP contribution < -0.4 is 0 Å². The number of hydrogen-bond donors (Lipinski definition) is 3. The Kier molecular flexibility index (Phi) is 65.9. The summed E-state index contributed by atoms with van der Waals surface area (Å²) in [6.07, 6.45) is 52.7. The van der Waals surface area contributed by atoms with Crippen molar-refractivity contribution in [2.24, 2.45) is 23.7 Å². The average molecular weight is 1420 g/mol. The fourth-order valence-corrected chi connectivity index (χ4v) is 13.4. The summed E-state index contributed by atoms with van der Waals surface area (Å²) < 4.78 is 68.6. The van der Waals surface area contributed by atoms with Gasteiger partial charge in [-0.25, -0.2) is 9.13 Å². The van der Waals surface area contributed by atoms with Crippen LogP contribution >= 0.6 is 15.6 Å². The summed E-state index contributed by atoms with van der Waals surface area (Å²) in [6.45, 7) is 14.3. The van der Waals surface area contributed by atoms with E-state index in [0.717, 1.165) is 120 Å².